The first-order chi connectivity index (χ1) is 12.6. The van der Waals surface area contributed by atoms with Gasteiger partial charge in [-0.15, -0.1) is 0 Å². The SMILES string of the molecule is COc1cccc(C(=O)O[C@H](C)C(=O)Nc2ccc3c(c2)OCCO3)c1. The molecule has 1 N–H and O–H groups in total. The van der Waals surface area contributed by atoms with Gasteiger partial charge in [0.15, 0.2) is 17.6 Å². The van der Waals surface area contributed by atoms with E-state index in [2.05, 4.69) is 5.32 Å². The molecule has 0 saturated carbocycles. The van der Waals surface area contributed by atoms with E-state index in [4.69, 9.17) is 18.9 Å². The summed E-state index contributed by atoms with van der Waals surface area (Å²) in [7, 11) is 1.51. The highest BCUT2D eigenvalue weighted by Gasteiger charge is 2.20. The van der Waals surface area contributed by atoms with Crippen molar-refractivity contribution in [2.24, 2.45) is 0 Å². The Morgan fingerprint density at radius 3 is 2.62 bits per heavy atom. The molecule has 0 aliphatic carbocycles. The molecular formula is C19H19NO6. The molecule has 1 aliphatic rings. The number of amides is 1. The first kappa shape index (κ1) is 17.6. The number of hydrogen-bond acceptors (Lipinski definition) is 6. The third-order valence-electron chi connectivity index (χ3n) is 3.77. The van der Waals surface area contributed by atoms with Gasteiger partial charge in [-0.25, -0.2) is 4.79 Å². The van der Waals surface area contributed by atoms with Gasteiger partial charge in [0.1, 0.15) is 19.0 Å². The Morgan fingerprint density at radius 2 is 1.85 bits per heavy atom. The van der Waals surface area contributed by atoms with Crippen molar-refractivity contribution in [2.45, 2.75) is 13.0 Å². The minimum atomic E-state index is -0.970. The van der Waals surface area contributed by atoms with Crippen LogP contribution in [0.2, 0.25) is 0 Å². The lowest BCUT2D eigenvalue weighted by Crippen LogP contribution is -2.30. The molecule has 26 heavy (non-hydrogen) atoms. The topological polar surface area (TPSA) is 83.1 Å². The van der Waals surface area contributed by atoms with Crippen LogP contribution in [0.25, 0.3) is 0 Å². The maximum absolute atomic E-state index is 12.3. The third-order valence-corrected chi connectivity index (χ3v) is 3.77. The predicted octanol–water partition coefficient (Wildman–Crippen LogP) is 2.65. The maximum atomic E-state index is 12.3. The van der Waals surface area contributed by atoms with Crippen molar-refractivity contribution in [1.82, 2.24) is 0 Å². The van der Waals surface area contributed by atoms with Crippen molar-refractivity contribution < 1.29 is 28.5 Å². The Bertz CT molecular complexity index is 819. The zero-order valence-corrected chi connectivity index (χ0v) is 14.5. The number of carbonyl (C=O) groups excluding carboxylic acids is 2. The second-order valence-electron chi connectivity index (χ2n) is 5.63. The quantitative estimate of drug-likeness (QED) is 0.829. The summed E-state index contributed by atoms with van der Waals surface area (Å²) in [4.78, 5) is 24.5. The Hall–Kier alpha value is -3.22. The molecule has 7 nitrogen and oxygen atoms in total. The van der Waals surface area contributed by atoms with E-state index in [9.17, 15) is 9.59 Å². The number of benzene rings is 2. The first-order valence-corrected chi connectivity index (χ1v) is 8.12. The molecule has 1 atom stereocenters. The molecule has 0 aromatic heterocycles. The first-order valence-electron chi connectivity index (χ1n) is 8.12. The molecule has 2 aromatic rings. The lowest BCUT2D eigenvalue weighted by molar-refractivity contribution is -0.123. The minimum Gasteiger partial charge on any atom is -0.497 e. The molecule has 0 fully saturated rings. The largest absolute Gasteiger partial charge is 0.497 e. The van der Waals surface area contributed by atoms with E-state index < -0.39 is 18.0 Å². The van der Waals surface area contributed by atoms with Crippen LogP contribution >= 0.6 is 0 Å². The minimum absolute atomic E-state index is 0.309. The molecule has 0 saturated heterocycles. The number of ether oxygens (including phenoxy) is 4. The number of esters is 1. The Labute approximate surface area is 150 Å². The van der Waals surface area contributed by atoms with Crippen molar-refractivity contribution in [1.29, 1.82) is 0 Å². The number of methoxy groups -OCH3 is 1. The second-order valence-corrected chi connectivity index (χ2v) is 5.63. The number of fused-ring (bicyclic) bond motifs is 1. The van der Waals surface area contributed by atoms with Crippen LogP contribution < -0.4 is 19.5 Å². The number of hydrogen-bond donors (Lipinski definition) is 1. The molecule has 2 aromatic carbocycles. The highest BCUT2D eigenvalue weighted by molar-refractivity contribution is 5.97. The van der Waals surface area contributed by atoms with Crippen LogP contribution in [0, 0.1) is 0 Å². The van der Waals surface area contributed by atoms with E-state index >= 15 is 0 Å². The summed E-state index contributed by atoms with van der Waals surface area (Å²) >= 11 is 0. The lowest BCUT2D eigenvalue weighted by atomic mass is 10.2. The summed E-state index contributed by atoms with van der Waals surface area (Å²) in [6.45, 7) is 2.46. The number of nitrogens with one attached hydrogen (secondary N) is 1. The Kier molecular flexibility index (Phi) is 5.26. The number of rotatable bonds is 5. The second kappa shape index (κ2) is 7.77. The molecule has 0 unspecified atom stereocenters. The molecular weight excluding hydrogens is 338 g/mol. The van der Waals surface area contributed by atoms with Gasteiger partial charge in [0.05, 0.1) is 12.7 Å². The van der Waals surface area contributed by atoms with Crippen molar-refractivity contribution >= 4 is 17.6 Å². The summed E-state index contributed by atoms with van der Waals surface area (Å²) < 4.78 is 21.2. The molecule has 3 rings (SSSR count). The van der Waals surface area contributed by atoms with Gasteiger partial charge < -0.3 is 24.3 Å². The lowest BCUT2D eigenvalue weighted by Gasteiger charge is -2.19. The van der Waals surface area contributed by atoms with Crippen molar-refractivity contribution in [3.63, 3.8) is 0 Å². The van der Waals surface area contributed by atoms with Crippen LogP contribution in [0.5, 0.6) is 17.2 Å². The summed E-state index contributed by atoms with van der Waals surface area (Å²) in [6.07, 6.45) is -0.970. The average molecular weight is 357 g/mol. The summed E-state index contributed by atoms with van der Waals surface area (Å²) in [5.74, 6) is 0.682. The number of anilines is 1. The standard InChI is InChI=1S/C19H19NO6/c1-12(26-19(22)13-4-3-5-15(10-13)23-2)18(21)20-14-6-7-16-17(11-14)25-9-8-24-16/h3-7,10-12H,8-9H2,1-2H3,(H,20,21)/t12-/m1/s1. The fourth-order valence-corrected chi connectivity index (χ4v) is 2.40. The van der Waals surface area contributed by atoms with Gasteiger partial charge in [0, 0.05) is 11.8 Å². The normalized spacial score (nSPS) is 13.5. The summed E-state index contributed by atoms with van der Waals surface area (Å²) in [5, 5.41) is 2.69. The zero-order chi connectivity index (χ0) is 18.5. The molecule has 1 amide bonds. The van der Waals surface area contributed by atoms with Crippen molar-refractivity contribution in [2.75, 3.05) is 25.6 Å². The maximum Gasteiger partial charge on any atom is 0.339 e. The van der Waals surface area contributed by atoms with E-state index in [1.165, 1.54) is 14.0 Å². The van der Waals surface area contributed by atoms with E-state index in [0.717, 1.165) is 0 Å². The molecule has 7 heteroatoms. The monoisotopic (exact) mass is 357 g/mol. The van der Waals surface area contributed by atoms with E-state index in [-0.39, 0.29) is 0 Å². The van der Waals surface area contributed by atoms with Gasteiger partial charge in [-0.2, -0.15) is 0 Å². The van der Waals surface area contributed by atoms with Crippen LogP contribution in [0.3, 0.4) is 0 Å². The van der Waals surface area contributed by atoms with Crippen molar-refractivity contribution in [3.8, 4) is 17.2 Å². The zero-order valence-electron chi connectivity index (χ0n) is 14.5. The van der Waals surface area contributed by atoms with Gasteiger partial charge in [0.25, 0.3) is 5.91 Å². The van der Waals surface area contributed by atoms with E-state index in [1.54, 1.807) is 42.5 Å². The van der Waals surface area contributed by atoms with Gasteiger partial charge in [-0.1, -0.05) is 6.07 Å². The highest BCUT2D eigenvalue weighted by atomic mass is 16.6. The number of carbonyl (C=O) groups is 2. The summed E-state index contributed by atoms with van der Waals surface area (Å²) in [5.41, 5.74) is 0.840. The van der Waals surface area contributed by atoms with Crippen LogP contribution in [0.1, 0.15) is 17.3 Å². The van der Waals surface area contributed by atoms with Crippen molar-refractivity contribution in [3.05, 3.63) is 48.0 Å². The molecule has 0 radical (unpaired) electrons. The molecule has 0 bridgehead atoms. The Morgan fingerprint density at radius 1 is 1.08 bits per heavy atom. The van der Waals surface area contributed by atoms with Crippen LogP contribution in [-0.2, 0) is 9.53 Å². The molecule has 1 heterocycles. The fraction of sp³-hybridized carbons (Fsp3) is 0.263. The highest BCUT2D eigenvalue weighted by Crippen LogP contribution is 2.32. The van der Waals surface area contributed by atoms with Gasteiger partial charge >= 0.3 is 5.97 Å². The fourth-order valence-electron chi connectivity index (χ4n) is 2.40. The van der Waals surface area contributed by atoms with Gasteiger partial charge in [-0.05, 0) is 37.3 Å². The van der Waals surface area contributed by atoms with Crippen LogP contribution in [0.4, 0.5) is 5.69 Å². The molecule has 136 valence electrons. The van der Waals surface area contributed by atoms with E-state index in [1.807, 2.05) is 0 Å². The average Bonchev–Trinajstić information content (AvgIpc) is 2.67. The molecule has 0 spiro atoms. The van der Waals surface area contributed by atoms with Crippen LogP contribution in [-0.4, -0.2) is 38.3 Å². The molecule has 1 aliphatic heterocycles. The predicted molar refractivity (Wildman–Crippen MR) is 93.9 cm³/mol. The van der Waals surface area contributed by atoms with Gasteiger partial charge in [0.2, 0.25) is 0 Å². The van der Waals surface area contributed by atoms with Gasteiger partial charge in [-0.3, -0.25) is 4.79 Å². The summed E-state index contributed by atoms with van der Waals surface area (Å²) in [6, 6.07) is 11.6. The smallest absolute Gasteiger partial charge is 0.339 e. The van der Waals surface area contributed by atoms with E-state index in [0.29, 0.717) is 41.7 Å². The Balaban J connectivity index is 1.61. The third kappa shape index (κ3) is 4.05. The van der Waals surface area contributed by atoms with Crippen LogP contribution in [0.15, 0.2) is 42.5 Å².